The quantitative estimate of drug-likeness (QED) is 0.444. The van der Waals surface area contributed by atoms with Gasteiger partial charge in [0.25, 0.3) is 0 Å². The van der Waals surface area contributed by atoms with Crippen molar-refractivity contribution in [1.82, 2.24) is 35.3 Å². The van der Waals surface area contributed by atoms with Crippen LogP contribution >= 0.6 is 0 Å². The predicted molar refractivity (Wildman–Crippen MR) is 160 cm³/mol. The number of nitrogens with one attached hydrogen (secondary N) is 3. The molecule has 0 aromatic heterocycles. The molecule has 224 valence electrons. The van der Waals surface area contributed by atoms with E-state index < -0.39 is 0 Å². The fourth-order valence-corrected chi connectivity index (χ4v) is 8.91. The van der Waals surface area contributed by atoms with Gasteiger partial charge < -0.3 is 15.0 Å². The summed E-state index contributed by atoms with van der Waals surface area (Å²) in [5, 5.41) is 11.5. The van der Waals surface area contributed by atoms with E-state index in [0.717, 1.165) is 51.9 Å². The molecule has 3 unspecified atom stereocenters. The van der Waals surface area contributed by atoms with Gasteiger partial charge in [-0.15, -0.1) is 0 Å². The van der Waals surface area contributed by atoms with Crippen LogP contribution in [-0.2, 0) is 9.53 Å². The van der Waals surface area contributed by atoms with E-state index in [-0.39, 0.29) is 23.5 Å². The van der Waals surface area contributed by atoms with Crippen molar-refractivity contribution in [1.29, 1.82) is 0 Å². The zero-order valence-corrected chi connectivity index (χ0v) is 25.8. The second-order valence-corrected chi connectivity index (χ2v) is 14.7. The van der Waals surface area contributed by atoms with Crippen LogP contribution in [0.25, 0.3) is 0 Å². The molecule has 40 heavy (non-hydrogen) atoms. The lowest BCUT2D eigenvalue weighted by atomic mass is 9.69. The Morgan fingerprint density at radius 2 is 1.85 bits per heavy atom. The van der Waals surface area contributed by atoms with Crippen LogP contribution in [0.3, 0.4) is 0 Å². The van der Waals surface area contributed by atoms with Crippen molar-refractivity contribution in [3.63, 3.8) is 0 Å². The van der Waals surface area contributed by atoms with Gasteiger partial charge in [-0.2, -0.15) is 0 Å². The molecule has 0 aromatic rings. The monoisotopic (exact) mass is 556 g/mol. The Morgan fingerprint density at radius 3 is 2.55 bits per heavy atom. The number of carbonyl (C=O) groups excluding carboxylic acids is 1. The van der Waals surface area contributed by atoms with E-state index in [0.29, 0.717) is 35.7 Å². The third-order valence-corrected chi connectivity index (χ3v) is 11.4. The summed E-state index contributed by atoms with van der Waals surface area (Å²) in [4.78, 5) is 19.3. The second kappa shape index (κ2) is 11.0. The highest BCUT2D eigenvalue weighted by Crippen LogP contribution is 2.53. The van der Waals surface area contributed by atoms with E-state index in [9.17, 15) is 4.79 Å². The molecule has 1 amide bonds. The minimum atomic E-state index is -0.121. The molecule has 1 aliphatic carbocycles. The van der Waals surface area contributed by atoms with Crippen LogP contribution in [0.2, 0.25) is 0 Å². The summed E-state index contributed by atoms with van der Waals surface area (Å²) in [6.45, 7) is 10.7. The lowest BCUT2D eigenvalue weighted by Crippen LogP contribution is -2.69. The van der Waals surface area contributed by atoms with E-state index >= 15 is 0 Å². The van der Waals surface area contributed by atoms with Gasteiger partial charge >= 0.3 is 5.84 Å². The van der Waals surface area contributed by atoms with Crippen molar-refractivity contribution < 1.29 is 9.53 Å². The van der Waals surface area contributed by atoms with Crippen LogP contribution in [0.4, 0.5) is 0 Å². The number of hydrogen-bond acceptors (Lipinski definition) is 7. The number of amides is 1. The van der Waals surface area contributed by atoms with Crippen molar-refractivity contribution in [3.05, 3.63) is 0 Å². The van der Waals surface area contributed by atoms with Crippen LogP contribution < -0.4 is 20.6 Å². The van der Waals surface area contributed by atoms with Gasteiger partial charge in [-0.25, -0.2) is 9.57 Å². The second-order valence-electron chi connectivity index (χ2n) is 14.7. The number of hydrogen-bond donors (Lipinski definition) is 3. The van der Waals surface area contributed by atoms with Gasteiger partial charge in [-0.05, 0) is 71.9 Å². The highest BCUT2D eigenvalue weighted by Gasteiger charge is 2.67. The first kappa shape index (κ1) is 28.6. The third-order valence-electron chi connectivity index (χ3n) is 11.4. The van der Waals surface area contributed by atoms with E-state index in [1.807, 2.05) is 19.0 Å². The van der Waals surface area contributed by atoms with Gasteiger partial charge in [0.05, 0.1) is 25.2 Å². The molecule has 9 nitrogen and oxygen atoms in total. The number of amidine groups is 1. The SMILES string of the molecule is CNCC1=[N+]=C(N2C3NC(NC4CCC([C@@H]5CC(=O)N(C)C5)CC4)N(C)CC3[C@@]3(C)COC(C)(C)C[C@@H]23)CCC1. The number of nitrogens with zero attached hydrogens (tertiary/aromatic N) is 4. The van der Waals surface area contributed by atoms with Gasteiger partial charge in [0.15, 0.2) is 11.9 Å². The Morgan fingerprint density at radius 1 is 1.07 bits per heavy atom. The summed E-state index contributed by atoms with van der Waals surface area (Å²) in [6, 6.07) is 0.932. The lowest BCUT2D eigenvalue weighted by Gasteiger charge is -2.47. The molecule has 3 N–H and O–H groups in total. The molecule has 0 radical (unpaired) electrons. The van der Waals surface area contributed by atoms with Gasteiger partial charge in [0.1, 0.15) is 12.3 Å². The molecule has 6 atom stereocenters. The van der Waals surface area contributed by atoms with E-state index in [2.05, 4.69) is 53.6 Å². The Labute approximate surface area is 241 Å². The summed E-state index contributed by atoms with van der Waals surface area (Å²) in [5.41, 5.74) is 1.25. The van der Waals surface area contributed by atoms with Gasteiger partial charge in [0, 0.05) is 56.8 Å². The van der Waals surface area contributed by atoms with Crippen LogP contribution in [-0.4, -0.2) is 110 Å². The Balaban J connectivity index is 1.19. The summed E-state index contributed by atoms with van der Waals surface area (Å²) in [6.07, 6.45) is 10.4. The first-order valence-electron chi connectivity index (χ1n) is 16.0. The summed E-state index contributed by atoms with van der Waals surface area (Å²) < 4.78 is 11.8. The highest BCUT2D eigenvalue weighted by molar-refractivity contribution is 5.95. The van der Waals surface area contributed by atoms with Crippen LogP contribution in [0.1, 0.15) is 78.6 Å². The zero-order chi connectivity index (χ0) is 28.2. The zero-order valence-electron chi connectivity index (χ0n) is 25.8. The number of carbonyl (C=O) groups is 1. The number of likely N-dealkylation sites (tertiary alicyclic amines) is 2. The van der Waals surface area contributed by atoms with Gasteiger partial charge in [-0.1, -0.05) is 6.92 Å². The molecule has 5 aliphatic heterocycles. The molecule has 5 heterocycles. The van der Waals surface area contributed by atoms with Crippen molar-refractivity contribution in [2.45, 2.75) is 109 Å². The van der Waals surface area contributed by atoms with Gasteiger partial charge in [-0.3, -0.25) is 20.3 Å². The standard InChI is InChI=1S/C31H54N7O2/c1-30(2)15-25-31(3,19-40-30)24-18-37(6)29(35-28(24)38(25)26-9-7-8-23(33-26)16-32-4)34-22-12-10-20(11-13-22)21-14-27(39)36(5)17-21/h20-22,24-25,28-29,32,34-35H,7-19H2,1-6H3/q+1/t20?,21-,22?,24?,25-,28?,29?,31-/m1/s1. The Kier molecular flexibility index (Phi) is 7.86. The van der Waals surface area contributed by atoms with Crippen molar-refractivity contribution in [3.8, 4) is 0 Å². The van der Waals surface area contributed by atoms with E-state index in [1.54, 1.807) is 0 Å². The van der Waals surface area contributed by atoms with Gasteiger partial charge in [0.2, 0.25) is 5.91 Å². The maximum atomic E-state index is 12.1. The summed E-state index contributed by atoms with van der Waals surface area (Å²) in [7, 11) is 6.26. The summed E-state index contributed by atoms with van der Waals surface area (Å²) >= 11 is 0. The Hall–Kier alpha value is -1.48. The molecule has 1 saturated carbocycles. The Bertz CT molecular complexity index is 1030. The first-order valence-corrected chi connectivity index (χ1v) is 16.0. The fraction of sp³-hybridized carbons (Fsp3) is 0.903. The number of rotatable bonds is 5. The number of ether oxygens (including phenoxy) is 1. The fourth-order valence-electron chi connectivity index (χ4n) is 8.91. The van der Waals surface area contributed by atoms with Crippen LogP contribution in [0.5, 0.6) is 0 Å². The average Bonchev–Trinajstić information content (AvgIpc) is 3.37. The highest BCUT2D eigenvalue weighted by atomic mass is 16.5. The summed E-state index contributed by atoms with van der Waals surface area (Å²) in [5.74, 6) is 3.33. The first-order chi connectivity index (χ1) is 19.1. The average molecular weight is 557 g/mol. The molecule has 6 aliphatic rings. The largest absolute Gasteiger partial charge is 0.375 e. The third kappa shape index (κ3) is 5.27. The molecule has 4 saturated heterocycles. The normalized spacial score (nSPS) is 42.0. The molecular weight excluding hydrogens is 502 g/mol. The lowest BCUT2D eigenvalue weighted by molar-refractivity contribution is -0.135. The molecule has 6 rings (SSSR count). The smallest absolute Gasteiger partial charge is 0.346 e. The molecule has 0 bridgehead atoms. The van der Waals surface area contributed by atoms with Crippen LogP contribution in [0, 0.1) is 23.2 Å². The van der Waals surface area contributed by atoms with Crippen LogP contribution in [0.15, 0.2) is 0 Å². The van der Waals surface area contributed by atoms with Crippen molar-refractivity contribution in [2.24, 2.45) is 23.2 Å². The van der Waals surface area contributed by atoms with E-state index in [1.165, 1.54) is 43.7 Å². The van der Waals surface area contributed by atoms with E-state index in [4.69, 9.17) is 9.40 Å². The number of fused-ring (bicyclic) bond motifs is 3. The molecule has 0 spiro atoms. The molecular formula is C31H54N7O2+. The maximum Gasteiger partial charge on any atom is 0.346 e. The minimum Gasteiger partial charge on any atom is -0.375 e. The molecule has 5 fully saturated rings. The molecule has 9 heteroatoms. The minimum absolute atomic E-state index is 0.0828. The van der Waals surface area contributed by atoms with Crippen molar-refractivity contribution in [2.75, 3.05) is 47.4 Å². The topological polar surface area (TPSA) is 86.2 Å². The maximum absolute atomic E-state index is 12.1. The molecule has 0 aromatic carbocycles. The van der Waals surface area contributed by atoms with Crippen molar-refractivity contribution >= 4 is 17.5 Å². The predicted octanol–water partition coefficient (Wildman–Crippen LogP) is 1.57.